The van der Waals surface area contributed by atoms with Crippen molar-refractivity contribution in [3.8, 4) is 6.07 Å². The van der Waals surface area contributed by atoms with Gasteiger partial charge in [-0.05, 0) is 40.5 Å². The molecule has 3 nitrogen and oxygen atoms in total. The standard InChI is InChI=1S/C10H8Br2N2O/c1-6-4-7(11)5-8(12)10(6)14-9(15)2-3-13/h4-5H,2H2,1H3,(H,14,15). The molecular formula is C10H8Br2N2O. The Morgan fingerprint density at radius 2 is 2.20 bits per heavy atom. The minimum Gasteiger partial charge on any atom is -0.324 e. The summed E-state index contributed by atoms with van der Waals surface area (Å²) in [5, 5.41) is 11.0. The fourth-order valence-corrected chi connectivity index (χ4v) is 2.65. The van der Waals surface area contributed by atoms with Gasteiger partial charge in [0, 0.05) is 8.95 Å². The number of nitrogens with one attached hydrogen (secondary N) is 1. The smallest absolute Gasteiger partial charge is 0.238 e. The van der Waals surface area contributed by atoms with E-state index in [0.717, 1.165) is 14.5 Å². The number of rotatable bonds is 2. The summed E-state index contributed by atoms with van der Waals surface area (Å²) in [5.74, 6) is -0.302. The Hall–Kier alpha value is -0.860. The van der Waals surface area contributed by atoms with Gasteiger partial charge in [0.05, 0.1) is 11.8 Å². The summed E-state index contributed by atoms with van der Waals surface area (Å²) in [6.07, 6.45) is -0.137. The minimum atomic E-state index is -0.302. The van der Waals surface area contributed by atoms with E-state index in [1.807, 2.05) is 19.1 Å². The molecule has 5 heteroatoms. The van der Waals surface area contributed by atoms with Crippen LogP contribution in [-0.4, -0.2) is 5.91 Å². The van der Waals surface area contributed by atoms with Crippen molar-refractivity contribution in [1.29, 1.82) is 5.26 Å². The van der Waals surface area contributed by atoms with E-state index in [4.69, 9.17) is 5.26 Å². The van der Waals surface area contributed by atoms with Crippen molar-refractivity contribution in [2.45, 2.75) is 13.3 Å². The lowest BCUT2D eigenvalue weighted by atomic mass is 10.2. The van der Waals surface area contributed by atoms with Crippen LogP contribution in [0.3, 0.4) is 0 Å². The third kappa shape index (κ3) is 3.33. The number of hydrogen-bond acceptors (Lipinski definition) is 2. The Bertz CT molecular complexity index is 415. The number of hydrogen-bond donors (Lipinski definition) is 1. The normalized spacial score (nSPS) is 9.47. The lowest BCUT2D eigenvalue weighted by Crippen LogP contribution is -2.11. The van der Waals surface area contributed by atoms with Gasteiger partial charge in [0.25, 0.3) is 0 Å². The van der Waals surface area contributed by atoms with Gasteiger partial charge in [-0.2, -0.15) is 5.26 Å². The van der Waals surface area contributed by atoms with Gasteiger partial charge in [0.15, 0.2) is 0 Å². The van der Waals surface area contributed by atoms with Gasteiger partial charge >= 0.3 is 0 Å². The van der Waals surface area contributed by atoms with E-state index in [-0.39, 0.29) is 12.3 Å². The lowest BCUT2D eigenvalue weighted by Gasteiger charge is -2.09. The number of nitrogens with zero attached hydrogens (tertiary/aromatic N) is 1. The molecule has 0 spiro atoms. The van der Waals surface area contributed by atoms with E-state index in [1.54, 1.807) is 6.07 Å². The van der Waals surface area contributed by atoms with E-state index in [0.29, 0.717) is 5.69 Å². The molecule has 0 aliphatic carbocycles. The van der Waals surface area contributed by atoms with Gasteiger partial charge in [0.1, 0.15) is 6.42 Å². The second-order valence-electron chi connectivity index (χ2n) is 2.96. The molecule has 78 valence electrons. The van der Waals surface area contributed by atoms with Gasteiger partial charge in [-0.15, -0.1) is 0 Å². The molecule has 15 heavy (non-hydrogen) atoms. The number of benzene rings is 1. The van der Waals surface area contributed by atoms with Crippen LogP contribution >= 0.6 is 31.9 Å². The molecule has 0 heterocycles. The fourth-order valence-electron chi connectivity index (χ4n) is 1.12. The van der Waals surface area contributed by atoms with Crippen LogP contribution < -0.4 is 5.32 Å². The molecule has 1 amide bonds. The molecule has 0 aliphatic rings. The van der Waals surface area contributed by atoms with Gasteiger partial charge in [0.2, 0.25) is 5.91 Å². The number of nitriles is 1. The van der Waals surface area contributed by atoms with E-state index in [9.17, 15) is 4.79 Å². The summed E-state index contributed by atoms with van der Waals surface area (Å²) in [6.45, 7) is 1.89. The zero-order valence-electron chi connectivity index (χ0n) is 7.97. The van der Waals surface area contributed by atoms with E-state index in [2.05, 4.69) is 37.2 Å². The van der Waals surface area contributed by atoms with Crippen LogP contribution in [0.1, 0.15) is 12.0 Å². The van der Waals surface area contributed by atoms with Crippen molar-refractivity contribution in [3.63, 3.8) is 0 Å². The first-order valence-electron chi connectivity index (χ1n) is 4.17. The van der Waals surface area contributed by atoms with E-state index < -0.39 is 0 Å². The topological polar surface area (TPSA) is 52.9 Å². The Morgan fingerprint density at radius 3 is 2.73 bits per heavy atom. The summed E-state index contributed by atoms with van der Waals surface area (Å²) < 4.78 is 1.73. The van der Waals surface area contributed by atoms with Crippen molar-refractivity contribution < 1.29 is 4.79 Å². The molecule has 1 rings (SSSR count). The van der Waals surface area contributed by atoms with Crippen molar-refractivity contribution in [3.05, 3.63) is 26.6 Å². The zero-order valence-corrected chi connectivity index (χ0v) is 11.1. The van der Waals surface area contributed by atoms with Gasteiger partial charge in [-0.1, -0.05) is 15.9 Å². The zero-order chi connectivity index (χ0) is 11.4. The Morgan fingerprint density at radius 1 is 1.53 bits per heavy atom. The molecule has 1 aromatic rings. The molecule has 1 aromatic carbocycles. The highest BCUT2D eigenvalue weighted by molar-refractivity contribution is 9.11. The maximum absolute atomic E-state index is 11.2. The summed E-state index contributed by atoms with van der Waals surface area (Å²) in [6, 6.07) is 5.54. The largest absolute Gasteiger partial charge is 0.324 e. The van der Waals surface area contributed by atoms with Gasteiger partial charge in [-0.3, -0.25) is 4.79 Å². The average molecular weight is 332 g/mol. The third-order valence-corrected chi connectivity index (χ3v) is 2.84. The van der Waals surface area contributed by atoms with Crippen LogP contribution in [0.5, 0.6) is 0 Å². The molecule has 0 aliphatic heterocycles. The second-order valence-corrected chi connectivity index (χ2v) is 4.73. The van der Waals surface area contributed by atoms with Crippen molar-refractivity contribution in [1.82, 2.24) is 0 Å². The van der Waals surface area contributed by atoms with Crippen molar-refractivity contribution >= 4 is 43.5 Å². The molecule has 0 radical (unpaired) electrons. The predicted octanol–water partition coefficient (Wildman–Crippen LogP) is 3.37. The first-order chi connectivity index (χ1) is 7.04. The number of anilines is 1. The number of carbonyl (C=O) groups excluding carboxylic acids is 1. The van der Waals surface area contributed by atoms with E-state index >= 15 is 0 Å². The van der Waals surface area contributed by atoms with Crippen LogP contribution in [0.4, 0.5) is 5.69 Å². The molecule has 0 aromatic heterocycles. The molecule has 0 atom stereocenters. The SMILES string of the molecule is Cc1cc(Br)cc(Br)c1NC(=O)CC#N. The molecule has 0 saturated heterocycles. The summed E-state index contributed by atoms with van der Waals surface area (Å²) >= 11 is 6.70. The maximum atomic E-state index is 11.2. The Kier molecular flexibility index (Phi) is 4.30. The number of aryl methyl sites for hydroxylation is 1. The highest BCUT2D eigenvalue weighted by atomic mass is 79.9. The quantitative estimate of drug-likeness (QED) is 0.903. The molecule has 0 fully saturated rings. The first kappa shape index (κ1) is 12.2. The highest BCUT2D eigenvalue weighted by Gasteiger charge is 2.08. The molecule has 0 unspecified atom stereocenters. The van der Waals surface area contributed by atoms with Crippen LogP contribution in [0, 0.1) is 18.3 Å². The first-order valence-corrected chi connectivity index (χ1v) is 5.75. The summed E-state index contributed by atoms with van der Waals surface area (Å²) in [7, 11) is 0. The molecular weight excluding hydrogens is 324 g/mol. The van der Waals surface area contributed by atoms with Crippen LogP contribution in [0.25, 0.3) is 0 Å². The molecule has 0 bridgehead atoms. The van der Waals surface area contributed by atoms with Crippen LogP contribution in [0.15, 0.2) is 21.1 Å². The Labute approximate surface area is 105 Å². The van der Waals surface area contributed by atoms with Crippen molar-refractivity contribution in [2.24, 2.45) is 0 Å². The lowest BCUT2D eigenvalue weighted by molar-refractivity contribution is -0.115. The maximum Gasteiger partial charge on any atom is 0.238 e. The van der Waals surface area contributed by atoms with Crippen molar-refractivity contribution in [2.75, 3.05) is 5.32 Å². The third-order valence-electron chi connectivity index (χ3n) is 1.76. The van der Waals surface area contributed by atoms with Crippen LogP contribution in [-0.2, 0) is 4.79 Å². The molecule has 1 N–H and O–H groups in total. The number of amides is 1. The summed E-state index contributed by atoms with van der Waals surface area (Å²) in [4.78, 5) is 11.2. The number of halogens is 2. The average Bonchev–Trinajstić information content (AvgIpc) is 2.11. The Balaban J connectivity index is 2.96. The second kappa shape index (κ2) is 5.29. The van der Waals surface area contributed by atoms with Gasteiger partial charge < -0.3 is 5.32 Å². The van der Waals surface area contributed by atoms with Crippen LogP contribution in [0.2, 0.25) is 0 Å². The highest BCUT2D eigenvalue weighted by Crippen LogP contribution is 2.30. The number of carbonyl (C=O) groups is 1. The fraction of sp³-hybridized carbons (Fsp3) is 0.200. The van der Waals surface area contributed by atoms with Gasteiger partial charge in [-0.25, -0.2) is 0 Å². The molecule has 0 saturated carbocycles. The minimum absolute atomic E-state index is 0.137. The predicted molar refractivity (Wildman–Crippen MR) is 65.4 cm³/mol. The monoisotopic (exact) mass is 330 g/mol. The summed E-state index contributed by atoms with van der Waals surface area (Å²) in [5.41, 5.74) is 1.64. The van der Waals surface area contributed by atoms with E-state index in [1.165, 1.54) is 0 Å².